The number of aromatic nitrogens is 2. The van der Waals surface area contributed by atoms with E-state index in [0.717, 1.165) is 35.2 Å². The first kappa shape index (κ1) is 22.2. The van der Waals surface area contributed by atoms with E-state index in [1.807, 2.05) is 32.3 Å². The molecule has 0 atom stereocenters. The number of fused-ring (bicyclic) bond motifs is 2. The van der Waals surface area contributed by atoms with E-state index in [4.69, 9.17) is 4.74 Å². The van der Waals surface area contributed by atoms with Crippen LogP contribution in [0.4, 0.5) is 0 Å². The van der Waals surface area contributed by atoms with Gasteiger partial charge in [0.1, 0.15) is 18.1 Å². The van der Waals surface area contributed by atoms with Gasteiger partial charge in [-0.1, -0.05) is 6.07 Å². The number of benzene rings is 2. The van der Waals surface area contributed by atoms with E-state index in [2.05, 4.69) is 15.1 Å². The van der Waals surface area contributed by atoms with Crippen LogP contribution in [0.2, 0.25) is 0 Å². The fourth-order valence-electron chi connectivity index (χ4n) is 4.57. The van der Waals surface area contributed by atoms with Crippen LogP contribution in [-0.2, 0) is 24.4 Å². The Balaban J connectivity index is 1.33. The van der Waals surface area contributed by atoms with Gasteiger partial charge >= 0.3 is 0 Å². The maximum absolute atomic E-state index is 13.4. The lowest BCUT2D eigenvalue weighted by Crippen LogP contribution is -2.25. The number of phenols is 1. The van der Waals surface area contributed by atoms with Gasteiger partial charge in [0.05, 0.1) is 23.3 Å². The Labute approximate surface area is 197 Å². The van der Waals surface area contributed by atoms with Gasteiger partial charge in [-0.05, 0) is 49.8 Å². The fraction of sp³-hybridized carbons (Fsp3) is 0.400. The number of rotatable bonds is 7. The number of likely N-dealkylation sites (N-methyl/N-ethyl adjacent to an activating group) is 1. The van der Waals surface area contributed by atoms with Crippen molar-refractivity contribution >= 4 is 22.7 Å². The molecule has 2 aliphatic heterocycles. The maximum Gasteiger partial charge on any atom is 0.258 e. The quantitative estimate of drug-likeness (QED) is 0.558. The smallest absolute Gasteiger partial charge is 0.258 e. The van der Waals surface area contributed by atoms with Gasteiger partial charge in [0.25, 0.3) is 5.91 Å². The molecule has 3 aromatic rings. The molecule has 0 aliphatic carbocycles. The van der Waals surface area contributed by atoms with Crippen molar-refractivity contribution in [3.63, 3.8) is 0 Å². The third-order valence-electron chi connectivity index (χ3n) is 6.50. The topological polar surface area (TPSA) is 102 Å². The molecule has 9 heteroatoms. The molecule has 34 heavy (non-hydrogen) atoms. The van der Waals surface area contributed by atoms with Crippen molar-refractivity contribution in [1.29, 1.82) is 0 Å². The van der Waals surface area contributed by atoms with Crippen LogP contribution in [0.1, 0.15) is 40.0 Å². The second kappa shape index (κ2) is 8.98. The Morgan fingerprint density at radius 3 is 2.79 bits per heavy atom. The van der Waals surface area contributed by atoms with Gasteiger partial charge in [-0.3, -0.25) is 14.7 Å². The summed E-state index contributed by atoms with van der Waals surface area (Å²) in [7, 11) is 4.00. The van der Waals surface area contributed by atoms with E-state index in [-0.39, 0.29) is 23.1 Å². The molecule has 1 fully saturated rings. The van der Waals surface area contributed by atoms with E-state index in [1.54, 1.807) is 15.9 Å². The van der Waals surface area contributed by atoms with Crippen LogP contribution in [0, 0.1) is 0 Å². The van der Waals surface area contributed by atoms with Crippen molar-refractivity contribution in [3.05, 3.63) is 52.7 Å². The maximum atomic E-state index is 13.4. The number of nitrogens with one attached hydrogen (secondary N) is 1. The largest absolute Gasteiger partial charge is 0.507 e. The summed E-state index contributed by atoms with van der Waals surface area (Å²) >= 11 is 0. The SMILES string of the molecule is CN(C)CCOc1ccc2c(c1)CN(C(=O)c1cc3c(CN4CCCC4=O)n[nH]c3cc1O)C2. The zero-order valence-electron chi connectivity index (χ0n) is 19.5. The minimum absolute atomic E-state index is 0.0892. The molecule has 0 spiro atoms. The van der Waals surface area contributed by atoms with E-state index in [1.165, 1.54) is 6.07 Å². The highest BCUT2D eigenvalue weighted by atomic mass is 16.5. The first-order valence-electron chi connectivity index (χ1n) is 11.6. The van der Waals surface area contributed by atoms with Gasteiger partial charge in [0, 0.05) is 44.1 Å². The van der Waals surface area contributed by atoms with Crippen LogP contribution < -0.4 is 4.74 Å². The van der Waals surface area contributed by atoms with Crippen molar-refractivity contribution in [2.45, 2.75) is 32.5 Å². The summed E-state index contributed by atoms with van der Waals surface area (Å²) in [6, 6.07) is 9.14. The molecule has 0 unspecified atom stereocenters. The number of hydrogen-bond acceptors (Lipinski definition) is 6. The Bertz CT molecular complexity index is 1250. The number of amides is 2. The standard InChI is InChI=1S/C25H29N5O4/c1-28(2)8-9-34-18-6-5-16-13-30(14-17(16)10-18)25(33)20-11-19-21(12-23(20)31)26-27-22(19)15-29-7-3-4-24(29)32/h5-6,10-12,31H,3-4,7-9,13-15H2,1-2H3,(H,26,27). The summed E-state index contributed by atoms with van der Waals surface area (Å²) in [6.45, 7) is 3.46. The summed E-state index contributed by atoms with van der Waals surface area (Å²) in [6.07, 6.45) is 1.41. The number of likely N-dealkylation sites (tertiary alicyclic amines) is 1. The average Bonchev–Trinajstić information content (AvgIpc) is 3.51. The second-order valence-electron chi connectivity index (χ2n) is 9.25. The number of carbonyl (C=O) groups excluding carboxylic acids is 2. The molecule has 3 heterocycles. The fourth-order valence-corrected chi connectivity index (χ4v) is 4.57. The summed E-state index contributed by atoms with van der Waals surface area (Å²) in [5, 5.41) is 18.6. The molecule has 2 aliphatic rings. The highest BCUT2D eigenvalue weighted by Crippen LogP contribution is 2.32. The lowest BCUT2D eigenvalue weighted by atomic mass is 10.1. The third kappa shape index (κ3) is 4.31. The number of H-pyrrole nitrogens is 1. The zero-order valence-corrected chi connectivity index (χ0v) is 19.5. The summed E-state index contributed by atoms with van der Waals surface area (Å²) in [4.78, 5) is 31.0. The lowest BCUT2D eigenvalue weighted by molar-refractivity contribution is -0.128. The molecule has 2 aromatic carbocycles. The first-order chi connectivity index (χ1) is 16.4. The predicted molar refractivity (Wildman–Crippen MR) is 126 cm³/mol. The molecule has 2 N–H and O–H groups in total. The van der Waals surface area contributed by atoms with Gasteiger partial charge in [-0.2, -0.15) is 5.10 Å². The average molecular weight is 464 g/mol. The van der Waals surface area contributed by atoms with Gasteiger partial charge in [0.2, 0.25) is 5.91 Å². The summed E-state index contributed by atoms with van der Waals surface area (Å²) in [5.41, 5.74) is 3.69. The van der Waals surface area contributed by atoms with Gasteiger partial charge in [-0.25, -0.2) is 0 Å². The molecule has 0 saturated carbocycles. The van der Waals surface area contributed by atoms with E-state index in [0.29, 0.717) is 50.4 Å². The van der Waals surface area contributed by atoms with Crippen LogP contribution in [0.15, 0.2) is 30.3 Å². The normalized spacial score (nSPS) is 15.6. The van der Waals surface area contributed by atoms with E-state index >= 15 is 0 Å². The van der Waals surface area contributed by atoms with Crippen LogP contribution in [-0.4, -0.2) is 75.6 Å². The van der Waals surface area contributed by atoms with E-state index in [9.17, 15) is 14.7 Å². The zero-order chi connectivity index (χ0) is 23.8. The lowest BCUT2D eigenvalue weighted by Gasteiger charge is -2.17. The minimum Gasteiger partial charge on any atom is -0.507 e. The Kier molecular flexibility index (Phi) is 5.87. The minimum atomic E-state index is -0.241. The Morgan fingerprint density at radius 2 is 2.03 bits per heavy atom. The number of hydrogen-bond donors (Lipinski definition) is 2. The number of aromatic amines is 1. The highest BCUT2D eigenvalue weighted by molar-refractivity contribution is 6.01. The number of phenolic OH excluding ortho intramolecular Hbond substituents is 1. The number of nitrogens with zero attached hydrogens (tertiary/aromatic N) is 4. The second-order valence-corrected chi connectivity index (χ2v) is 9.25. The number of aromatic hydroxyl groups is 1. The molecule has 1 saturated heterocycles. The third-order valence-corrected chi connectivity index (χ3v) is 6.50. The van der Waals surface area contributed by atoms with Crippen molar-refractivity contribution < 1.29 is 19.4 Å². The number of carbonyl (C=O) groups is 2. The van der Waals surface area contributed by atoms with Gasteiger partial charge < -0.3 is 24.5 Å². The molecule has 2 amide bonds. The van der Waals surface area contributed by atoms with Gasteiger partial charge in [0.15, 0.2) is 0 Å². The van der Waals surface area contributed by atoms with Crippen molar-refractivity contribution in [3.8, 4) is 11.5 Å². The monoisotopic (exact) mass is 463 g/mol. The van der Waals surface area contributed by atoms with Crippen molar-refractivity contribution in [2.24, 2.45) is 0 Å². The summed E-state index contributed by atoms with van der Waals surface area (Å²) in [5.74, 6) is 0.577. The molecular weight excluding hydrogens is 434 g/mol. The molecule has 178 valence electrons. The van der Waals surface area contributed by atoms with Crippen LogP contribution in [0.3, 0.4) is 0 Å². The van der Waals surface area contributed by atoms with Gasteiger partial charge in [-0.15, -0.1) is 0 Å². The Morgan fingerprint density at radius 1 is 1.21 bits per heavy atom. The van der Waals surface area contributed by atoms with Crippen LogP contribution >= 0.6 is 0 Å². The van der Waals surface area contributed by atoms with Crippen molar-refractivity contribution in [1.82, 2.24) is 24.9 Å². The first-order valence-corrected chi connectivity index (χ1v) is 11.6. The Hall–Kier alpha value is -3.59. The van der Waals surface area contributed by atoms with Crippen molar-refractivity contribution in [2.75, 3.05) is 33.8 Å². The highest BCUT2D eigenvalue weighted by Gasteiger charge is 2.28. The molecule has 1 aromatic heterocycles. The molecule has 0 radical (unpaired) electrons. The van der Waals surface area contributed by atoms with Crippen LogP contribution in [0.25, 0.3) is 10.9 Å². The molecule has 0 bridgehead atoms. The number of ether oxygens (including phenoxy) is 1. The van der Waals surface area contributed by atoms with Crippen LogP contribution in [0.5, 0.6) is 11.5 Å². The molecular formula is C25H29N5O4. The van der Waals surface area contributed by atoms with E-state index < -0.39 is 0 Å². The molecule has 9 nitrogen and oxygen atoms in total. The summed E-state index contributed by atoms with van der Waals surface area (Å²) < 4.78 is 5.83. The molecule has 5 rings (SSSR count). The predicted octanol–water partition coefficient (Wildman–Crippen LogP) is 2.49.